The first-order valence-electron chi connectivity index (χ1n) is 12.9. The Morgan fingerprint density at radius 1 is 0.902 bits per heavy atom. The summed E-state index contributed by atoms with van der Waals surface area (Å²) in [7, 11) is 0. The predicted octanol–water partition coefficient (Wildman–Crippen LogP) is 7.78. The van der Waals surface area contributed by atoms with Gasteiger partial charge in [-0.25, -0.2) is 0 Å². The number of aromatic nitrogens is 1. The Kier molecular flexibility index (Phi) is 7.98. The highest BCUT2D eigenvalue weighted by molar-refractivity contribution is 8.15. The Balaban J connectivity index is 1.29. The van der Waals surface area contributed by atoms with E-state index in [2.05, 4.69) is 56.5 Å². The maximum atomic E-state index is 12.6. The van der Waals surface area contributed by atoms with Gasteiger partial charge >= 0.3 is 0 Å². The van der Waals surface area contributed by atoms with Gasteiger partial charge in [0.15, 0.2) is 5.17 Å². The topological polar surface area (TPSA) is 58.8 Å². The van der Waals surface area contributed by atoms with Crippen LogP contribution in [0.5, 0.6) is 0 Å². The molecule has 0 radical (unpaired) electrons. The van der Waals surface area contributed by atoms with Crippen LogP contribution in [0.25, 0.3) is 27.8 Å². The highest BCUT2D eigenvalue weighted by Gasteiger charge is 2.30. The van der Waals surface area contributed by atoms with E-state index >= 15 is 0 Å². The molecule has 1 aliphatic heterocycles. The van der Waals surface area contributed by atoms with Crippen molar-refractivity contribution in [3.8, 4) is 16.9 Å². The quantitative estimate of drug-likeness (QED) is 0.116. The second-order valence-corrected chi connectivity index (χ2v) is 11.5. The van der Waals surface area contributed by atoms with Crippen molar-refractivity contribution in [2.75, 3.05) is 0 Å². The summed E-state index contributed by atoms with van der Waals surface area (Å²) in [5.74, 6) is -2.62. The van der Waals surface area contributed by atoms with Crippen LogP contribution in [0.15, 0.2) is 124 Å². The maximum absolute atomic E-state index is 12.6. The summed E-state index contributed by atoms with van der Waals surface area (Å²) in [5.41, 5.74) is 5.94. The Hall–Kier alpha value is -4.21. The number of carbonyl (C=O) groups excluding carboxylic acids is 1. The summed E-state index contributed by atoms with van der Waals surface area (Å²) in [4.78, 5) is 13.1. The third kappa shape index (κ3) is 5.96. The van der Waals surface area contributed by atoms with E-state index in [-0.39, 0.29) is 11.2 Å². The van der Waals surface area contributed by atoms with Crippen molar-refractivity contribution < 1.29 is 13.6 Å². The van der Waals surface area contributed by atoms with Gasteiger partial charge < -0.3 is 9.88 Å². The number of para-hydroxylation sites is 2. The number of thioether (sulfide) groups is 2. The van der Waals surface area contributed by atoms with Crippen molar-refractivity contribution in [3.63, 3.8) is 0 Å². The van der Waals surface area contributed by atoms with Crippen molar-refractivity contribution >= 4 is 51.7 Å². The van der Waals surface area contributed by atoms with Gasteiger partial charge in [0.1, 0.15) is 0 Å². The van der Waals surface area contributed by atoms with Gasteiger partial charge in [0.2, 0.25) is 5.91 Å². The number of hydrogen-bond donors (Lipinski definition) is 1. The lowest BCUT2D eigenvalue weighted by Gasteiger charge is -2.12. The van der Waals surface area contributed by atoms with Crippen molar-refractivity contribution in [3.05, 3.63) is 120 Å². The van der Waals surface area contributed by atoms with Crippen molar-refractivity contribution in [1.29, 1.82) is 0 Å². The summed E-state index contributed by atoms with van der Waals surface area (Å²) in [6.45, 7) is 0. The summed E-state index contributed by atoms with van der Waals surface area (Å²) < 4.78 is 27.4. The van der Waals surface area contributed by atoms with Gasteiger partial charge in [0.05, 0.1) is 22.7 Å². The number of nitrogens with one attached hydrogen (secondary N) is 1. The fraction of sp³-hybridized carbons (Fsp3) is 0.0938. The SMILES string of the molecule is O=C1N/C(=N/N=C/c2c(-c3ccccc3)n(-c3ccccc3)c3ccccc23)SC1Cc1ccc(SC(F)F)cc1. The number of fused-ring (bicyclic) bond motifs is 1. The zero-order valence-corrected chi connectivity index (χ0v) is 23.3. The molecule has 5 nitrogen and oxygen atoms in total. The van der Waals surface area contributed by atoms with Crippen LogP contribution in [0.4, 0.5) is 8.78 Å². The molecule has 1 N–H and O–H groups in total. The van der Waals surface area contributed by atoms with Crippen molar-refractivity contribution in [2.24, 2.45) is 10.2 Å². The number of alkyl halides is 2. The summed E-state index contributed by atoms with van der Waals surface area (Å²) in [6.07, 6.45) is 2.21. The average molecular weight is 583 g/mol. The smallest absolute Gasteiger partial charge is 0.288 e. The number of amides is 1. The molecule has 1 amide bonds. The highest BCUT2D eigenvalue weighted by atomic mass is 32.2. The molecule has 1 aliphatic rings. The minimum absolute atomic E-state index is 0.152. The van der Waals surface area contributed by atoms with Crippen LogP contribution in [-0.4, -0.2) is 32.9 Å². The van der Waals surface area contributed by atoms with Gasteiger partial charge in [-0.3, -0.25) is 4.79 Å². The number of amidine groups is 1. The van der Waals surface area contributed by atoms with Gasteiger partial charge in [0, 0.05) is 21.5 Å². The van der Waals surface area contributed by atoms with Gasteiger partial charge in [-0.1, -0.05) is 102 Å². The second kappa shape index (κ2) is 12.1. The second-order valence-electron chi connectivity index (χ2n) is 9.29. The largest absolute Gasteiger partial charge is 0.309 e. The first-order chi connectivity index (χ1) is 20.1. The van der Waals surface area contributed by atoms with Crippen molar-refractivity contribution in [2.45, 2.75) is 22.3 Å². The van der Waals surface area contributed by atoms with E-state index in [4.69, 9.17) is 0 Å². The van der Waals surface area contributed by atoms with Gasteiger partial charge in [0.25, 0.3) is 5.76 Å². The number of nitrogens with zero attached hydrogens (tertiary/aromatic N) is 3. The molecule has 0 saturated carbocycles. The zero-order valence-electron chi connectivity index (χ0n) is 21.7. The third-order valence-electron chi connectivity index (χ3n) is 6.66. The minimum atomic E-state index is -2.46. The molecule has 0 spiro atoms. The van der Waals surface area contributed by atoms with Gasteiger partial charge in [-0.2, -0.15) is 13.9 Å². The van der Waals surface area contributed by atoms with Gasteiger partial charge in [-0.15, -0.1) is 5.10 Å². The molecule has 9 heteroatoms. The van der Waals surface area contributed by atoms with E-state index in [0.717, 1.165) is 39.0 Å². The van der Waals surface area contributed by atoms with Crippen LogP contribution in [0.2, 0.25) is 0 Å². The Morgan fingerprint density at radius 2 is 1.59 bits per heavy atom. The summed E-state index contributed by atoms with van der Waals surface area (Å²) >= 11 is 1.82. The molecule has 2 heterocycles. The molecule has 1 aromatic heterocycles. The Labute approximate surface area is 244 Å². The van der Waals surface area contributed by atoms with Crippen LogP contribution in [0.3, 0.4) is 0 Å². The molecule has 0 bridgehead atoms. The van der Waals surface area contributed by atoms with E-state index in [0.29, 0.717) is 28.2 Å². The molecule has 0 aliphatic carbocycles. The molecular weight excluding hydrogens is 559 g/mol. The molecule has 6 rings (SSSR count). The molecule has 204 valence electrons. The first-order valence-corrected chi connectivity index (χ1v) is 14.7. The van der Waals surface area contributed by atoms with E-state index in [1.54, 1.807) is 30.5 Å². The fourth-order valence-electron chi connectivity index (χ4n) is 4.87. The van der Waals surface area contributed by atoms with Crippen LogP contribution >= 0.6 is 23.5 Å². The lowest BCUT2D eigenvalue weighted by Crippen LogP contribution is -2.25. The molecular formula is C32H24F2N4OS2. The number of carbonyl (C=O) groups is 1. The Morgan fingerprint density at radius 3 is 2.32 bits per heavy atom. The summed E-state index contributed by atoms with van der Waals surface area (Å²) in [6, 6.07) is 35.4. The molecule has 41 heavy (non-hydrogen) atoms. The third-order valence-corrected chi connectivity index (χ3v) is 8.45. The standard InChI is InChI=1S/C32H24F2N4OS2/c33-31(34)40-24-17-15-21(16-18-24)19-28-30(39)36-32(41-28)37-35-20-26-25-13-7-8-14-27(25)38(23-11-5-2-6-12-23)29(26)22-9-3-1-4-10-22/h1-18,20,28,31H,19H2,(H,36,37,39)/b35-20+. The maximum Gasteiger partial charge on any atom is 0.288 e. The fourth-order valence-corrected chi connectivity index (χ4v) is 6.33. The molecule has 5 aromatic rings. The first kappa shape index (κ1) is 27.0. The van der Waals surface area contributed by atoms with Crippen LogP contribution < -0.4 is 5.32 Å². The Bertz CT molecular complexity index is 1740. The van der Waals surface area contributed by atoms with Crippen molar-refractivity contribution in [1.82, 2.24) is 9.88 Å². The molecule has 1 saturated heterocycles. The highest BCUT2D eigenvalue weighted by Crippen LogP contribution is 2.35. The molecule has 1 atom stereocenters. The van der Waals surface area contributed by atoms with Crippen LogP contribution in [-0.2, 0) is 11.2 Å². The lowest BCUT2D eigenvalue weighted by atomic mass is 10.1. The van der Waals surface area contributed by atoms with E-state index in [9.17, 15) is 13.6 Å². The molecule has 1 unspecified atom stereocenters. The van der Waals surface area contributed by atoms with E-state index < -0.39 is 5.76 Å². The van der Waals surface area contributed by atoms with Crippen LogP contribution in [0.1, 0.15) is 11.1 Å². The zero-order chi connectivity index (χ0) is 28.2. The number of hydrogen-bond acceptors (Lipinski definition) is 5. The number of rotatable bonds is 8. The van der Waals surface area contributed by atoms with Crippen LogP contribution in [0, 0.1) is 0 Å². The average Bonchev–Trinajstić information content (AvgIpc) is 3.51. The predicted molar refractivity (Wildman–Crippen MR) is 165 cm³/mol. The van der Waals surface area contributed by atoms with E-state index in [1.807, 2.05) is 48.5 Å². The number of halogens is 2. The summed E-state index contributed by atoms with van der Waals surface area (Å²) in [5, 5.41) is 12.7. The molecule has 1 fully saturated rings. The van der Waals surface area contributed by atoms with Gasteiger partial charge in [-0.05, 0) is 47.9 Å². The molecule has 4 aromatic carbocycles. The monoisotopic (exact) mass is 582 g/mol. The number of benzene rings is 4. The normalized spacial score (nSPS) is 16.3. The minimum Gasteiger partial charge on any atom is -0.309 e. The lowest BCUT2D eigenvalue weighted by molar-refractivity contribution is -0.118. The van der Waals surface area contributed by atoms with E-state index in [1.165, 1.54) is 11.8 Å².